The Hall–Kier alpha value is -0.620. The van der Waals surface area contributed by atoms with Gasteiger partial charge in [0.15, 0.2) is 11.4 Å². The van der Waals surface area contributed by atoms with Gasteiger partial charge in [-0.05, 0) is 19.9 Å². The summed E-state index contributed by atoms with van der Waals surface area (Å²) in [5.41, 5.74) is -1.10. The number of ether oxygens (including phenoxy) is 3. The first-order valence-electron chi connectivity index (χ1n) is 4.95. The highest BCUT2D eigenvalue weighted by Gasteiger charge is 2.54. The van der Waals surface area contributed by atoms with Crippen molar-refractivity contribution in [2.45, 2.75) is 37.4 Å². The van der Waals surface area contributed by atoms with Gasteiger partial charge in [0.25, 0.3) is 0 Å². The Bertz CT molecular complexity index is 269. The molecule has 2 aliphatic rings. The maximum atomic E-state index is 9.30. The van der Waals surface area contributed by atoms with Crippen molar-refractivity contribution in [3.63, 3.8) is 0 Å². The van der Waals surface area contributed by atoms with Gasteiger partial charge in [-0.25, -0.2) is 0 Å². The molecule has 1 saturated heterocycles. The minimum atomic E-state index is -1.10. The standard InChI is InChI=1S/C10H16O5/c1-9(2)14-7-3-4-13-10(5-11,6-12)8(7)15-9/h3-4,7-8,11-12H,5-6H2,1-2H3/t7-,8-/m1/s1. The third-order valence-electron chi connectivity index (χ3n) is 2.75. The fraction of sp³-hybridized carbons (Fsp3) is 0.800. The molecule has 0 aromatic heterocycles. The highest BCUT2D eigenvalue weighted by molar-refractivity contribution is 5.09. The molecular formula is C10H16O5. The van der Waals surface area contributed by atoms with Crippen LogP contribution in [0.4, 0.5) is 0 Å². The molecule has 2 atom stereocenters. The van der Waals surface area contributed by atoms with E-state index in [1.54, 1.807) is 19.9 Å². The number of fused-ring (bicyclic) bond motifs is 1. The van der Waals surface area contributed by atoms with Crippen molar-refractivity contribution in [1.29, 1.82) is 0 Å². The SMILES string of the molecule is CC1(C)O[C@@H]2[C@@H](C=COC2(CO)CO)O1. The molecular weight excluding hydrogens is 200 g/mol. The molecule has 0 saturated carbocycles. The normalized spacial score (nSPS) is 36.0. The molecule has 15 heavy (non-hydrogen) atoms. The highest BCUT2D eigenvalue weighted by Crippen LogP contribution is 2.38. The molecule has 0 unspecified atom stereocenters. The van der Waals surface area contributed by atoms with Gasteiger partial charge in [0.2, 0.25) is 0 Å². The minimum Gasteiger partial charge on any atom is -0.487 e. The molecule has 2 N–H and O–H groups in total. The van der Waals surface area contributed by atoms with Crippen molar-refractivity contribution < 1.29 is 24.4 Å². The van der Waals surface area contributed by atoms with Crippen molar-refractivity contribution in [3.05, 3.63) is 12.3 Å². The predicted octanol–water partition coefficient (Wildman–Crippen LogP) is -0.226. The summed E-state index contributed by atoms with van der Waals surface area (Å²) in [6.07, 6.45) is 2.40. The molecule has 2 heterocycles. The summed E-state index contributed by atoms with van der Waals surface area (Å²) in [5.74, 6) is -0.719. The summed E-state index contributed by atoms with van der Waals surface area (Å²) in [5, 5.41) is 18.6. The number of rotatable bonds is 2. The predicted molar refractivity (Wildman–Crippen MR) is 51.0 cm³/mol. The highest BCUT2D eigenvalue weighted by atomic mass is 16.8. The van der Waals surface area contributed by atoms with Crippen LogP contribution in [0.1, 0.15) is 13.8 Å². The average Bonchev–Trinajstić information content (AvgIpc) is 2.52. The van der Waals surface area contributed by atoms with Gasteiger partial charge in [0.1, 0.15) is 12.2 Å². The van der Waals surface area contributed by atoms with E-state index in [1.807, 2.05) is 0 Å². The van der Waals surface area contributed by atoms with Gasteiger partial charge >= 0.3 is 0 Å². The van der Waals surface area contributed by atoms with Crippen LogP contribution < -0.4 is 0 Å². The lowest BCUT2D eigenvalue weighted by Crippen LogP contribution is -2.56. The quantitative estimate of drug-likeness (QED) is 0.667. The second kappa shape index (κ2) is 3.45. The van der Waals surface area contributed by atoms with Crippen LogP contribution in [0.3, 0.4) is 0 Å². The summed E-state index contributed by atoms with van der Waals surface area (Å²) in [7, 11) is 0. The van der Waals surface area contributed by atoms with Crippen LogP contribution in [0.25, 0.3) is 0 Å². The van der Waals surface area contributed by atoms with Gasteiger partial charge in [-0.2, -0.15) is 0 Å². The maximum Gasteiger partial charge on any atom is 0.183 e. The van der Waals surface area contributed by atoms with Crippen LogP contribution >= 0.6 is 0 Å². The number of aliphatic hydroxyl groups excluding tert-OH is 2. The van der Waals surface area contributed by atoms with Gasteiger partial charge in [-0.3, -0.25) is 0 Å². The average molecular weight is 216 g/mol. The third kappa shape index (κ3) is 1.65. The first-order valence-corrected chi connectivity index (χ1v) is 4.95. The Labute approximate surface area is 88.3 Å². The van der Waals surface area contributed by atoms with Gasteiger partial charge in [0.05, 0.1) is 19.5 Å². The van der Waals surface area contributed by atoms with Gasteiger partial charge in [-0.1, -0.05) is 0 Å². The lowest BCUT2D eigenvalue weighted by Gasteiger charge is -2.38. The summed E-state index contributed by atoms with van der Waals surface area (Å²) in [6, 6.07) is 0. The maximum absolute atomic E-state index is 9.30. The first-order chi connectivity index (χ1) is 7.03. The zero-order valence-corrected chi connectivity index (χ0v) is 8.84. The van der Waals surface area contributed by atoms with E-state index in [1.165, 1.54) is 6.26 Å². The van der Waals surface area contributed by atoms with Crippen molar-refractivity contribution in [2.24, 2.45) is 0 Å². The Balaban J connectivity index is 2.27. The van der Waals surface area contributed by atoms with Crippen molar-refractivity contribution in [2.75, 3.05) is 13.2 Å². The summed E-state index contributed by atoms with van der Waals surface area (Å²) < 4.78 is 16.5. The zero-order chi connectivity index (χ0) is 11.1. The van der Waals surface area contributed by atoms with Crippen LogP contribution in [0.2, 0.25) is 0 Å². The van der Waals surface area contributed by atoms with Gasteiger partial charge < -0.3 is 24.4 Å². The monoisotopic (exact) mass is 216 g/mol. The molecule has 0 spiro atoms. The van der Waals surface area contributed by atoms with Crippen molar-refractivity contribution in [3.8, 4) is 0 Å². The number of hydrogen-bond donors (Lipinski definition) is 2. The number of aliphatic hydroxyl groups is 2. The topological polar surface area (TPSA) is 68.2 Å². The largest absolute Gasteiger partial charge is 0.487 e. The molecule has 0 aromatic rings. The van der Waals surface area contributed by atoms with E-state index in [2.05, 4.69) is 0 Å². The second-order valence-electron chi connectivity index (χ2n) is 4.35. The Morgan fingerprint density at radius 2 is 1.87 bits per heavy atom. The first kappa shape index (κ1) is 10.9. The van der Waals surface area contributed by atoms with E-state index >= 15 is 0 Å². The lowest BCUT2D eigenvalue weighted by molar-refractivity contribution is -0.188. The number of hydrogen-bond acceptors (Lipinski definition) is 5. The molecule has 0 radical (unpaired) electrons. The van der Waals surface area contributed by atoms with Crippen LogP contribution in [-0.2, 0) is 14.2 Å². The fourth-order valence-electron chi connectivity index (χ4n) is 1.96. The molecule has 2 rings (SSSR count). The Morgan fingerprint density at radius 3 is 2.47 bits per heavy atom. The molecule has 2 aliphatic heterocycles. The fourth-order valence-corrected chi connectivity index (χ4v) is 1.96. The molecule has 1 fully saturated rings. The van der Waals surface area contributed by atoms with E-state index in [0.717, 1.165) is 0 Å². The second-order valence-corrected chi connectivity index (χ2v) is 4.35. The van der Waals surface area contributed by atoms with Crippen LogP contribution in [-0.4, -0.2) is 47.0 Å². The van der Waals surface area contributed by atoms with Crippen LogP contribution in [0.15, 0.2) is 12.3 Å². The third-order valence-corrected chi connectivity index (χ3v) is 2.75. The lowest BCUT2D eigenvalue weighted by atomic mass is 9.92. The van der Waals surface area contributed by atoms with E-state index in [-0.39, 0.29) is 19.3 Å². The van der Waals surface area contributed by atoms with Crippen molar-refractivity contribution in [1.82, 2.24) is 0 Å². The zero-order valence-electron chi connectivity index (χ0n) is 8.84. The van der Waals surface area contributed by atoms with Crippen LogP contribution in [0, 0.1) is 0 Å². The van der Waals surface area contributed by atoms with Gasteiger partial charge in [-0.15, -0.1) is 0 Å². The smallest absolute Gasteiger partial charge is 0.183 e. The van der Waals surface area contributed by atoms with Crippen molar-refractivity contribution >= 4 is 0 Å². The minimum absolute atomic E-state index is 0.284. The molecule has 0 amide bonds. The van der Waals surface area contributed by atoms with E-state index in [9.17, 15) is 10.2 Å². The van der Waals surface area contributed by atoms with E-state index < -0.39 is 17.5 Å². The van der Waals surface area contributed by atoms with E-state index in [4.69, 9.17) is 14.2 Å². The molecule has 0 aliphatic carbocycles. The summed E-state index contributed by atoms with van der Waals surface area (Å²) in [4.78, 5) is 0. The summed E-state index contributed by atoms with van der Waals surface area (Å²) >= 11 is 0. The summed E-state index contributed by atoms with van der Waals surface area (Å²) in [6.45, 7) is 2.96. The van der Waals surface area contributed by atoms with Crippen LogP contribution in [0.5, 0.6) is 0 Å². The molecule has 0 aromatic carbocycles. The van der Waals surface area contributed by atoms with E-state index in [0.29, 0.717) is 0 Å². The molecule has 5 heteroatoms. The molecule has 5 nitrogen and oxygen atoms in total. The van der Waals surface area contributed by atoms with Gasteiger partial charge in [0, 0.05) is 0 Å². The Kier molecular flexibility index (Phi) is 2.50. The Morgan fingerprint density at radius 1 is 1.20 bits per heavy atom. The molecule has 0 bridgehead atoms. The molecule has 86 valence electrons.